The molecule has 6 nitrogen and oxygen atoms in total. The summed E-state index contributed by atoms with van der Waals surface area (Å²) in [4.78, 5) is 21.8. The van der Waals surface area contributed by atoms with E-state index in [4.69, 9.17) is 18.9 Å². The van der Waals surface area contributed by atoms with Gasteiger partial charge in [-0.25, -0.2) is 0 Å². The third-order valence-corrected chi connectivity index (χ3v) is 2.89. The first kappa shape index (κ1) is 14.9. The minimum Gasteiger partial charge on any atom is -0.463 e. The van der Waals surface area contributed by atoms with E-state index in [9.17, 15) is 9.59 Å². The number of hydrogen-bond acceptors (Lipinski definition) is 6. The van der Waals surface area contributed by atoms with Gasteiger partial charge in [0, 0.05) is 33.3 Å². The summed E-state index contributed by atoms with van der Waals surface area (Å²) in [5, 5.41) is 0. The fourth-order valence-electron chi connectivity index (χ4n) is 1.95. The SMILES string of the molecule is CO[C@H]1CC(COC(C)=O)OC(OC(C)=O)C1C. The van der Waals surface area contributed by atoms with E-state index in [1.54, 1.807) is 7.11 Å². The van der Waals surface area contributed by atoms with Crippen LogP contribution in [0.4, 0.5) is 0 Å². The van der Waals surface area contributed by atoms with Crippen molar-refractivity contribution in [3.05, 3.63) is 0 Å². The molecule has 0 aliphatic carbocycles. The molecule has 0 amide bonds. The van der Waals surface area contributed by atoms with E-state index in [1.807, 2.05) is 6.92 Å². The van der Waals surface area contributed by atoms with Crippen LogP contribution in [0.3, 0.4) is 0 Å². The smallest absolute Gasteiger partial charge is 0.304 e. The maximum atomic E-state index is 11.0. The Hall–Kier alpha value is -1.14. The van der Waals surface area contributed by atoms with Gasteiger partial charge in [-0.2, -0.15) is 0 Å². The Balaban J connectivity index is 2.61. The summed E-state index contributed by atoms with van der Waals surface area (Å²) in [6, 6.07) is 0. The number of carbonyl (C=O) groups is 2. The van der Waals surface area contributed by atoms with Gasteiger partial charge in [-0.1, -0.05) is 6.92 Å². The van der Waals surface area contributed by atoms with E-state index in [0.717, 1.165) is 0 Å². The van der Waals surface area contributed by atoms with Gasteiger partial charge >= 0.3 is 11.9 Å². The molecule has 1 saturated heterocycles. The largest absolute Gasteiger partial charge is 0.463 e. The van der Waals surface area contributed by atoms with Crippen LogP contribution in [0.2, 0.25) is 0 Å². The number of esters is 2. The molecule has 4 atom stereocenters. The van der Waals surface area contributed by atoms with Gasteiger partial charge in [0.2, 0.25) is 6.29 Å². The minimum absolute atomic E-state index is 0.0625. The van der Waals surface area contributed by atoms with Crippen LogP contribution in [0.1, 0.15) is 27.2 Å². The number of methoxy groups -OCH3 is 1. The van der Waals surface area contributed by atoms with Crippen molar-refractivity contribution in [2.75, 3.05) is 13.7 Å². The van der Waals surface area contributed by atoms with Gasteiger partial charge in [-0.3, -0.25) is 9.59 Å². The molecule has 0 aromatic heterocycles. The highest BCUT2D eigenvalue weighted by atomic mass is 16.7. The normalized spacial score (nSPS) is 31.8. The molecule has 1 rings (SSSR count). The van der Waals surface area contributed by atoms with Crippen LogP contribution in [0.5, 0.6) is 0 Å². The molecule has 3 unspecified atom stereocenters. The van der Waals surface area contributed by atoms with E-state index in [1.165, 1.54) is 13.8 Å². The van der Waals surface area contributed by atoms with E-state index < -0.39 is 12.3 Å². The van der Waals surface area contributed by atoms with Crippen LogP contribution < -0.4 is 0 Å². The molecule has 0 bridgehead atoms. The van der Waals surface area contributed by atoms with E-state index in [2.05, 4.69) is 0 Å². The second-order valence-corrected chi connectivity index (χ2v) is 4.41. The lowest BCUT2D eigenvalue weighted by Crippen LogP contribution is -2.47. The molecule has 0 radical (unpaired) electrons. The highest BCUT2D eigenvalue weighted by molar-refractivity contribution is 5.66. The molecule has 1 aliphatic rings. The second-order valence-electron chi connectivity index (χ2n) is 4.41. The highest BCUT2D eigenvalue weighted by Crippen LogP contribution is 2.28. The average molecular weight is 260 g/mol. The topological polar surface area (TPSA) is 71.1 Å². The Labute approximate surface area is 107 Å². The van der Waals surface area contributed by atoms with Crippen molar-refractivity contribution >= 4 is 11.9 Å². The quantitative estimate of drug-likeness (QED) is 0.699. The zero-order valence-electron chi connectivity index (χ0n) is 11.2. The van der Waals surface area contributed by atoms with Crippen LogP contribution in [0.25, 0.3) is 0 Å². The molecule has 1 aliphatic heterocycles. The van der Waals surface area contributed by atoms with Gasteiger partial charge in [0.1, 0.15) is 6.61 Å². The molecule has 1 fully saturated rings. The fraction of sp³-hybridized carbons (Fsp3) is 0.833. The average Bonchev–Trinajstić information content (AvgIpc) is 2.29. The maximum Gasteiger partial charge on any atom is 0.304 e. The molecule has 104 valence electrons. The number of ether oxygens (including phenoxy) is 4. The maximum absolute atomic E-state index is 11.0. The molecule has 0 aromatic carbocycles. The zero-order valence-corrected chi connectivity index (χ0v) is 11.2. The minimum atomic E-state index is -0.665. The van der Waals surface area contributed by atoms with Crippen molar-refractivity contribution in [2.24, 2.45) is 5.92 Å². The Morgan fingerprint density at radius 3 is 2.44 bits per heavy atom. The lowest BCUT2D eigenvalue weighted by molar-refractivity contribution is -0.246. The number of rotatable bonds is 4. The van der Waals surface area contributed by atoms with Crippen molar-refractivity contribution in [3.8, 4) is 0 Å². The van der Waals surface area contributed by atoms with Gasteiger partial charge < -0.3 is 18.9 Å². The Bertz CT molecular complexity index is 303. The van der Waals surface area contributed by atoms with Crippen molar-refractivity contribution in [3.63, 3.8) is 0 Å². The van der Waals surface area contributed by atoms with Crippen LogP contribution in [-0.4, -0.2) is 44.2 Å². The van der Waals surface area contributed by atoms with Crippen molar-refractivity contribution in [2.45, 2.75) is 45.7 Å². The van der Waals surface area contributed by atoms with E-state index in [-0.39, 0.29) is 30.7 Å². The van der Waals surface area contributed by atoms with Crippen molar-refractivity contribution < 1.29 is 28.5 Å². The Morgan fingerprint density at radius 1 is 1.28 bits per heavy atom. The van der Waals surface area contributed by atoms with E-state index >= 15 is 0 Å². The summed E-state index contributed by atoms with van der Waals surface area (Å²) in [6.07, 6.45) is -0.479. The third kappa shape index (κ3) is 4.27. The molecule has 0 spiro atoms. The monoisotopic (exact) mass is 260 g/mol. The van der Waals surface area contributed by atoms with Crippen LogP contribution in [0.15, 0.2) is 0 Å². The second kappa shape index (κ2) is 6.70. The first-order valence-corrected chi connectivity index (χ1v) is 5.92. The molecule has 0 saturated carbocycles. The molecular formula is C12H20O6. The Kier molecular flexibility index (Phi) is 5.55. The molecule has 0 aromatic rings. The summed E-state index contributed by atoms with van der Waals surface area (Å²) in [7, 11) is 1.60. The first-order chi connectivity index (χ1) is 8.43. The zero-order chi connectivity index (χ0) is 13.7. The van der Waals surface area contributed by atoms with Gasteiger partial charge in [0.15, 0.2) is 0 Å². The number of carbonyl (C=O) groups excluding carboxylic acids is 2. The molecule has 1 heterocycles. The third-order valence-electron chi connectivity index (χ3n) is 2.89. The predicted octanol–water partition coefficient (Wildman–Crippen LogP) is 0.879. The van der Waals surface area contributed by atoms with Gasteiger partial charge in [0.05, 0.1) is 12.2 Å². The van der Waals surface area contributed by atoms with E-state index in [0.29, 0.717) is 6.42 Å². The highest BCUT2D eigenvalue weighted by Gasteiger charge is 2.38. The predicted molar refractivity (Wildman–Crippen MR) is 61.6 cm³/mol. The van der Waals surface area contributed by atoms with Crippen molar-refractivity contribution in [1.29, 1.82) is 0 Å². The molecule has 6 heteroatoms. The summed E-state index contributed by atoms with van der Waals surface area (Å²) < 4.78 is 20.9. The van der Waals surface area contributed by atoms with Crippen LogP contribution in [-0.2, 0) is 28.5 Å². The van der Waals surface area contributed by atoms with Gasteiger partial charge in [-0.05, 0) is 0 Å². The molecular weight excluding hydrogens is 240 g/mol. The summed E-state index contributed by atoms with van der Waals surface area (Å²) >= 11 is 0. The van der Waals surface area contributed by atoms with Crippen LogP contribution in [0, 0.1) is 5.92 Å². The molecule has 0 N–H and O–H groups in total. The standard InChI is InChI=1S/C12H20O6/c1-7-11(15-4)5-10(6-16-8(2)13)18-12(7)17-9(3)14/h7,10-12H,5-6H2,1-4H3/t7?,10?,11-,12?/m0/s1. The summed E-state index contributed by atoms with van der Waals surface area (Å²) in [5.41, 5.74) is 0. The summed E-state index contributed by atoms with van der Waals surface area (Å²) in [6.45, 7) is 4.69. The number of hydrogen-bond donors (Lipinski definition) is 0. The lowest BCUT2D eigenvalue weighted by Gasteiger charge is -2.38. The van der Waals surface area contributed by atoms with Crippen LogP contribution >= 0.6 is 0 Å². The van der Waals surface area contributed by atoms with Gasteiger partial charge in [-0.15, -0.1) is 0 Å². The molecule has 18 heavy (non-hydrogen) atoms. The lowest BCUT2D eigenvalue weighted by atomic mass is 9.95. The van der Waals surface area contributed by atoms with Crippen molar-refractivity contribution in [1.82, 2.24) is 0 Å². The first-order valence-electron chi connectivity index (χ1n) is 5.92. The summed E-state index contributed by atoms with van der Waals surface area (Å²) in [5.74, 6) is -0.836. The fourth-order valence-corrected chi connectivity index (χ4v) is 1.95. The van der Waals surface area contributed by atoms with Gasteiger partial charge in [0.25, 0.3) is 0 Å². The Morgan fingerprint density at radius 2 is 1.94 bits per heavy atom.